The third kappa shape index (κ3) is 5.80. The largest absolute Gasteiger partial charge is 1.00 e. The number of nitrogens with zero attached hydrogens (tertiary/aromatic N) is 4. The third-order valence-electron chi connectivity index (χ3n) is 4.83. The second-order valence-electron chi connectivity index (χ2n) is 7.09. The number of hydrogen-bond acceptors (Lipinski definition) is 9. The fourth-order valence-corrected chi connectivity index (χ4v) is 4.53. The van der Waals surface area contributed by atoms with Crippen LogP contribution in [0.1, 0.15) is 5.69 Å². The minimum Gasteiger partial charge on any atom is -0.506 e. The van der Waals surface area contributed by atoms with Gasteiger partial charge in [0, 0.05) is 34.2 Å². The topological polar surface area (TPSA) is 189 Å². The Morgan fingerprint density at radius 3 is 2.19 bits per heavy atom. The van der Waals surface area contributed by atoms with Gasteiger partial charge in [-0.15, -0.1) is 5.69 Å². The molecule has 12 nitrogen and oxygen atoms in total. The van der Waals surface area contributed by atoms with Gasteiger partial charge in [-0.2, -0.15) is 21.9 Å². The molecule has 1 aromatic heterocycles. The summed E-state index contributed by atoms with van der Waals surface area (Å²) in [4.78, 5) is 11.9. The Hall–Kier alpha value is -2.32. The van der Waals surface area contributed by atoms with Crippen LogP contribution in [0.3, 0.4) is 0 Å². The summed E-state index contributed by atoms with van der Waals surface area (Å²) in [6, 6.07) is 11.7. The van der Waals surface area contributed by atoms with Crippen LogP contribution in [0, 0.1) is 6.92 Å². The van der Waals surface area contributed by atoms with Gasteiger partial charge in [-0.25, -0.2) is 9.78 Å². The molecule has 182 valence electrons. The van der Waals surface area contributed by atoms with Crippen molar-refractivity contribution in [1.82, 2.24) is 9.78 Å². The number of phenolic OH excluding ortho intramolecular Hbond substituents is 1. The van der Waals surface area contributed by atoms with Gasteiger partial charge in [0.05, 0.1) is 10.6 Å². The van der Waals surface area contributed by atoms with Gasteiger partial charge in [-0.3, -0.25) is 9.11 Å². The summed E-state index contributed by atoms with van der Waals surface area (Å²) in [6.45, 7) is 1.46. The zero-order chi connectivity index (χ0) is 24.8. The maximum absolute atomic E-state index is 12.9. The normalized spacial score (nSPS) is 11.9. The first-order valence-electron chi connectivity index (χ1n) is 9.36. The van der Waals surface area contributed by atoms with E-state index in [-0.39, 0.29) is 80.4 Å². The first kappa shape index (κ1) is 29.9. The Balaban J connectivity index is 0.00000228. The molecule has 3 aromatic carbocycles. The summed E-state index contributed by atoms with van der Waals surface area (Å²) < 4.78 is 65.7. The molecule has 16 heteroatoms. The van der Waals surface area contributed by atoms with Crippen molar-refractivity contribution in [3.8, 4) is 11.4 Å². The van der Waals surface area contributed by atoms with Gasteiger partial charge in [-0.05, 0) is 18.2 Å². The van der Waals surface area contributed by atoms with E-state index in [1.54, 1.807) is 6.07 Å². The van der Waals surface area contributed by atoms with Gasteiger partial charge in [0.1, 0.15) is 21.9 Å². The van der Waals surface area contributed by atoms with E-state index >= 15 is 0 Å². The fourth-order valence-electron chi connectivity index (χ4n) is 3.29. The molecule has 0 atom stereocenters. The Kier molecular flexibility index (Phi) is 9.12. The molecular formula is C20H15CrN4NaO8S2. The Bertz CT molecular complexity index is 1770. The molecule has 4 rings (SSSR count). The molecule has 0 spiro atoms. The first-order chi connectivity index (χ1) is 15.9. The average molecular weight is 578 g/mol. The molecule has 3 N–H and O–H groups in total. The molecule has 1 heterocycles. The van der Waals surface area contributed by atoms with Crippen LogP contribution in [0.5, 0.6) is 5.75 Å². The van der Waals surface area contributed by atoms with Crippen LogP contribution >= 0.6 is 0 Å². The van der Waals surface area contributed by atoms with Crippen LogP contribution < -0.4 is 35.1 Å². The Labute approximate surface area is 237 Å². The Morgan fingerprint density at radius 2 is 1.58 bits per heavy atom. The summed E-state index contributed by atoms with van der Waals surface area (Å²) in [5.74, 6) is -0.603. The fraction of sp³-hybridized carbons (Fsp3) is 0.0500. The molecular weight excluding hydrogens is 563 g/mol. The van der Waals surface area contributed by atoms with Crippen LogP contribution in [0.4, 0.5) is 11.4 Å². The van der Waals surface area contributed by atoms with E-state index in [1.807, 2.05) is 0 Å². The zero-order valence-corrected chi connectivity index (χ0v) is 23.5. The van der Waals surface area contributed by atoms with Crippen molar-refractivity contribution in [2.75, 3.05) is 0 Å². The van der Waals surface area contributed by atoms with Crippen molar-refractivity contribution in [2.24, 2.45) is 10.2 Å². The first-order valence-corrected chi connectivity index (χ1v) is 12.2. The van der Waals surface area contributed by atoms with Crippen molar-refractivity contribution in [1.29, 1.82) is 0 Å². The van der Waals surface area contributed by atoms with Gasteiger partial charge >= 0.3 is 29.6 Å². The number of aromatic hydroxyl groups is 1. The average Bonchev–Trinajstić information content (AvgIpc) is 3.05. The molecule has 0 unspecified atom stereocenters. The number of rotatable bonds is 5. The standard InChI is InChI=1S/C20H15N4O8S2.Cr.Na/c1-11-18(20(26)24(23-11)12-5-4-6-13(9-12)33(27,28)29)21-22-19-15-8-3-2-7-14(15)17(10-16(19)25)34(30,31)32;;/h2-10,25H,1H3,(H,27,28,29)(H,30,31,32);;/q-1;;+1. The van der Waals surface area contributed by atoms with E-state index < -0.39 is 41.3 Å². The second kappa shape index (κ2) is 11.0. The minimum atomic E-state index is -4.65. The molecule has 36 heavy (non-hydrogen) atoms. The van der Waals surface area contributed by atoms with E-state index in [9.17, 15) is 35.8 Å². The second-order valence-corrected chi connectivity index (χ2v) is 9.90. The molecule has 0 aliphatic carbocycles. The summed E-state index contributed by atoms with van der Waals surface area (Å²) >= 11 is 0. The van der Waals surface area contributed by atoms with Crippen LogP contribution in [0.25, 0.3) is 16.5 Å². The summed E-state index contributed by atoms with van der Waals surface area (Å²) in [5.41, 5.74) is -0.950. The molecule has 0 radical (unpaired) electrons. The summed E-state index contributed by atoms with van der Waals surface area (Å²) in [7, 11) is -9.16. The van der Waals surface area contributed by atoms with Crippen LogP contribution in [0.15, 0.2) is 79.4 Å². The predicted octanol–water partition coefficient (Wildman–Crippen LogP) is 0.0289. The number of hydrogen-bond donors (Lipinski definition) is 3. The SMILES string of the molecule is Cc1nn(-c2cccc(S(=O)(=O)O)c2)c(=O)[c-]1N=Nc1c(O)cc(S(=O)(=O)O)c2ccccc12.[Cr].[Na+]. The number of phenols is 1. The maximum atomic E-state index is 12.9. The quantitative estimate of drug-likeness (QED) is 0.127. The van der Waals surface area contributed by atoms with Gasteiger partial charge < -0.3 is 15.0 Å². The molecule has 0 amide bonds. The van der Waals surface area contributed by atoms with Crippen molar-refractivity contribution < 1.29 is 78.0 Å². The maximum Gasteiger partial charge on any atom is 1.00 e. The number of benzene rings is 3. The van der Waals surface area contributed by atoms with Crippen LogP contribution in [0.2, 0.25) is 0 Å². The molecule has 0 saturated heterocycles. The predicted molar refractivity (Wildman–Crippen MR) is 120 cm³/mol. The summed E-state index contributed by atoms with van der Waals surface area (Å²) in [6.07, 6.45) is 0. The van der Waals surface area contributed by atoms with E-state index in [0.29, 0.717) is 0 Å². The molecule has 0 aliphatic rings. The van der Waals surface area contributed by atoms with Crippen molar-refractivity contribution in [3.63, 3.8) is 0 Å². The molecule has 4 aromatic rings. The monoisotopic (exact) mass is 578 g/mol. The van der Waals surface area contributed by atoms with E-state index in [2.05, 4.69) is 15.3 Å². The summed E-state index contributed by atoms with van der Waals surface area (Å²) in [5, 5.41) is 22.4. The third-order valence-corrected chi connectivity index (χ3v) is 6.58. The number of azo groups is 1. The molecule has 0 fully saturated rings. The van der Waals surface area contributed by atoms with Crippen molar-refractivity contribution in [3.05, 3.63) is 70.6 Å². The van der Waals surface area contributed by atoms with Crippen molar-refractivity contribution >= 4 is 42.4 Å². The molecule has 0 aliphatic heterocycles. The zero-order valence-electron chi connectivity index (χ0n) is 18.6. The van der Waals surface area contributed by atoms with Gasteiger partial charge in [0.15, 0.2) is 0 Å². The van der Waals surface area contributed by atoms with Crippen molar-refractivity contribution in [2.45, 2.75) is 16.7 Å². The van der Waals surface area contributed by atoms with E-state index in [1.165, 1.54) is 37.3 Å². The van der Waals surface area contributed by atoms with Gasteiger partial charge in [0.2, 0.25) is 0 Å². The smallest absolute Gasteiger partial charge is 0.506 e. The number of aromatic nitrogens is 2. The minimum absolute atomic E-state index is 0. The van der Waals surface area contributed by atoms with Gasteiger partial charge in [-0.1, -0.05) is 42.9 Å². The van der Waals surface area contributed by atoms with Crippen LogP contribution in [-0.2, 0) is 37.6 Å². The molecule has 0 bridgehead atoms. The van der Waals surface area contributed by atoms with E-state index in [4.69, 9.17) is 0 Å². The Morgan fingerprint density at radius 1 is 0.944 bits per heavy atom. The van der Waals surface area contributed by atoms with Crippen LogP contribution in [-0.4, -0.2) is 40.8 Å². The number of aryl methyl sites for hydroxylation is 1. The van der Waals surface area contributed by atoms with E-state index in [0.717, 1.165) is 22.9 Å². The molecule has 0 saturated carbocycles. The van der Waals surface area contributed by atoms with Gasteiger partial charge in [0.25, 0.3) is 20.2 Å². The number of fused-ring (bicyclic) bond motifs is 1.